The van der Waals surface area contributed by atoms with Crippen molar-refractivity contribution in [3.63, 3.8) is 0 Å². The summed E-state index contributed by atoms with van der Waals surface area (Å²) < 4.78 is 13.4. The summed E-state index contributed by atoms with van der Waals surface area (Å²) >= 11 is 5.68. The van der Waals surface area contributed by atoms with Crippen LogP contribution in [0.25, 0.3) is 0 Å². The van der Waals surface area contributed by atoms with E-state index in [1.165, 1.54) is 12.5 Å². The van der Waals surface area contributed by atoms with Crippen molar-refractivity contribution in [2.75, 3.05) is 18.0 Å². The minimum absolute atomic E-state index is 0.194. The first-order chi connectivity index (χ1) is 7.48. The summed E-state index contributed by atoms with van der Waals surface area (Å²) in [6.07, 6.45) is 2.40. The Bertz CT molecular complexity index is 390. The molecular formula is C13H17ClFN. The fourth-order valence-electron chi connectivity index (χ4n) is 2.33. The van der Waals surface area contributed by atoms with E-state index < -0.39 is 0 Å². The van der Waals surface area contributed by atoms with E-state index in [-0.39, 0.29) is 10.8 Å². The molecule has 0 radical (unpaired) electrons. The molecule has 0 spiro atoms. The van der Waals surface area contributed by atoms with Crippen LogP contribution in [0.1, 0.15) is 26.7 Å². The van der Waals surface area contributed by atoms with Gasteiger partial charge >= 0.3 is 0 Å². The molecule has 0 aromatic heterocycles. The molecule has 1 fully saturated rings. The maximum absolute atomic E-state index is 13.4. The predicted molar refractivity (Wildman–Crippen MR) is 66.6 cm³/mol. The Labute approximate surface area is 101 Å². The summed E-state index contributed by atoms with van der Waals surface area (Å²) in [5.41, 5.74) is 1.25. The molecule has 1 heterocycles. The first-order valence-electron chi connectivity index (χ1n) is 5.68. The van der Waals surface area contributed by atoms with E-state index in [0.717, 1.165) is 25.2 Å². The largest absolute Gasteiger partial charge is 0.371 e. The Hall–Kier alpha value is -0.760. The summed E-state index contributed by atoms with van der Waals surface area (Å²) in [7, 11) is 0. The lowest BCUT2D eigenvalue weighted by Crippen LogP contribution is -2.40. The highest BCUT2D eigenvalue weighted by Crippen LogP contribution is 2.32. The van der Waals surface area contributed by atoms with E-state index in [4.69, 9.17) is 11.6 Å². The van der Waals surface area contributed by atoms with Crippen molar-refractivity contribution in [3.8, 4) is 0 Å². The zero-order valence-electron chi connectivity index (χ0n) is 9.76. The zero-order valence-corrected chi connectivity index (χ0v) is 10.5. The average molecular weight is 242 g/mol. The van der Waals surface area contributed by atoms with Gasteiger partial charge in [-0.05, 0) is 36.5 Å². The average Bonchev–Trinajstić information content (AvgIpc) is 2.20. The lowest BCUT2D eigenvalue weighted by molar-refractivity contribution is 0.293. The summed E-state index contributed by atoms with van der Waals surface area (Å²) in [5.74, 6) is -0.331. The second kappa shape index (κ2) is 4.25. The van der Waals surface area contributed by atoms with Gasteiger partial charge in [0.2, 0.25) is 0 Å². The fraction of sp³-hybridized carbons (Fsp3) is 0.538. The predicted octanol–water partition coefficient (Wildman–Crippen LogP) is 4.11. The van der Waals surface area contributed by atoms with Crippen LogP contribution in [0.4, 0.5) is 10.1 Å². The topological polar surface area (TPSA) is 3.24 Å². The molecule has 88 valence electrons. The standard InChI is InChI=1S/C13H17ClFN/c1-13(2)6-3-7-16(9-13)10-4-5-11(14)12(15)8-10/h4-5,8H,3,6-7,9H2,1-2H3. The van der Waals surface area contributed by atoms with Gasteiger partial charge < -0.3 is 4.90 Å². The van der Waals surface area contributed by atoms with E-state index in [0.29, 0.717) is 5.41 Å². The summed E-state index contributed by atoms with van der Waals surface area (Å²) in [6.45, 7) is 6.50. The zero-order chi connectivity index (χ0) is 11.8. The molecule has 1 nitrogen and oxygen atoms in total. The van der Waals surface area contributed by atoms with Gasteiger partial charge in [0, 0.05) is 18.8 Å². The molecule has 0 atom stereocenters. The smallest absolute Gasteiger partial charge is 0.143 e. The maximum atomic E-state index is 13.4. The molecule has 0 saturated carbocycles. The fourth-order valence-corrected chi connectivity index (χ4v) is 2.44. The molecule has 16 heavy (non-hydrogen) atoms. The number of hydrogen-bond acceptors (Lipinski definition) is 1. The first-order valence-corrected chi connectivity index (χ1v) is 6.06. The Kier molecular flexibility index (Phi) is 3.11. The minimum atomic E-state index is -0.331. The summed E-state index contributed by atoms with van der Waals surface area (Å²) in [6, 6.07) is 5.06. The van der Waals surface area contributed by atoms with Crippen molar-refractivity contribution < 1.29 is 4.39 Å². The molecular weight excluding hydrogens is 225 g/mol. The second-order valence-electron chi connectivity index (χ2n) is 5.29. The van der Waals surface area contributed by atoms with Crippen molar-refractivity contribution in [3.05, 3.63) is 29.0 Å². The third-order valence-corrected chi connectivity index (χ3v) is 3.48. The van der Waals surface area contributed by atoms with Crippen molar-refractivity contribution in [2.45, 2.75) is 26.7 Å². The van der Waals surface area contributed by atoms with Gasteiger partial charge in [-0.3, -0.25) is 0 Å². The molecule has 1 aliphatic heterocycles. The van der Waals surface area contributed by atoms with E-state index in [1.807, 2.05) is 6.07 Å². The highest BCUT2D eigenvalue weighted by atomic mass is 35.5. The molecule has 1 aromatic rings. The van der Waals surface area contributed by atoms with Crippen LogP contribution in [0.5, 0.6) is 0 Å². The number of anilines is 1. The molecule has 3 heteroatoms. The van der Waals surface area contributed by atoms with E-state index in [1.54, 1.807) is 6.07 Å². The Morgan fingerprint density at radius 1 is 1.38 bits per heavy atom. The second-order valence-corrected chi connectivity index (χ2v) is 5.69. The molecule has 0 N–H and O–H groups in total. The molecule has 0 bridgehead atoms. The Morgan fingerprint density at radius 2 is 2.12 bits per heavy atom. The van der Waals surface area contributed by atoms with Crippen molar-refractivity contribution >= 4 is 17.3 Å². The SMILES string of the molecule is CC1(C)CCCN(c2ccc(Cl)c(F)c2)C1. The van der Waals surface area contributed by atoms with Gasteiger partial charge in [-0.15, -0.1) is 0 Å². The highest BCUT2D eigenvalue weighted by molar-refractivity contribution is 6.30. The lowest BCUT2D eigenvalue weighted by Gasteiger charge is -2.39. The van der Waals surface area contributed by atoms with E-state index >= 15 is 0 Å². The minimum Gasteiger partial charge on any atom is -0.371 e. The molecule has 0 unspecified atom stereocenters. The Balaban J connectivity index is 2.20. The number of halogens is 2. The number of rotatable bonds is 1. The molecule has 1 saturated heterocycles. The van der Waals surface area contributed by atoms with Crippen molar-refractivity contribution in [1.82, 2.24) is 0 Å². The van der Waals surface area contributed by atoms with E-state index in [9.17, 15) is 4.39 Å². The van der Waals surface area contributed by atoms with Gasteiger partial charge in [0.05, 0.1) is 5.02 Å². The normalized spacial score (nSPS) is 19.9. The van der Waals surface area contributed by atoms with Crippen LogP contribution >= 0.6 is 11.6 Å². The number of piperidine rings is 1. The molecule has 1 aromatic carbocycles. The van der Waals surface area contributed by atoms with Crippen LogP contribution in [0.3, 0.4) is 0 Å². The quantitative estimate of drug-likeness (QED) is 0.715. The maximum Gasteiger partial charge on any atom is 0.143 e. The van der Waals surface area contributed by atoms with Gasteiger partial charge in [0.1, 0.15) is 5.82 Å². The van der Waals surface area contributed by atoms with Crippen LogP contribution in [0, 0.1) is 11.2 Å². The molecule has 0 aliphatic carbocycles. The molecule has 0 amide bonds. The van der Waals surface area contributed by atoms with Crippen molar-refractivity contribution in [2.24, 2.45) is 5.41 Å². The van der Waals surface area contributed by atoms with Crippen molar-refractivity contribution in [1.29, 1.82) is 0 Å². The first kappa shape index (κ1) is 11.7. The Morgan fingerprint density at radius 3 is 2.75 bits per heavy atom. The van der Waals surface area contributed by atoms with Gasteiger partial charge in [-0.1, -0.05) is 25.4 Å². The van der Waals surface area contributed by atoms with E-state index in [2.05, 4.69) is 18.7 Å². The summed E-state index contributed by atoms with van der Waals surface area (Å²) in [4.78, 5) is 2.24. The molecule has 1 aliphatic rings. The van der Waals surface area contributed by atoms with Gasteiger partial charge in [-0.25, -0.2) is 4.39 Å². The van der Waals surface area contributed by atoms with Gasteiger partial charge in [0.15, 0.2) is 0 Å². The van der Waals surface area contributed by atoms with Crippen LogP contribution in [-0.4, -0.2) is 13.1 Å². The summed E-state index contributed by atoms with van der Waals surface area (Å²) in [5, 5.41) is 0.194. The lowest BCUT2D eigenvalue weighted by atomic mass is 9.84. The number of hydrogen-bond donors (Lipinski definition) is 0. The third-order valence-electron chi connectivity index (χ3n) is 3.17. The number of nitrogens with zero attached hydrogens (tertiary/aromatic N) is 1. The van der Waals surface area contributed by atoms with Crippen LogP contribution < -0.4 is 4.90 Å². The monoisotopic (exact) mass is 241 g/mol. The third kappa shape index (κ3) is 2.49. The van der Waals surface area contributed by atoms with Crippen LogP contribution in [0.2, 0.25) is 5.02 Å². The van der Waals surface area contributed by atoms with Gasteiger partial charge in [0.25, 0.3) is 0 Å². The van der Waals surface area contributed by atoms with Crippen LogP contribution in [0.15, 0.2) is 18.2 Å². The van der Waals surface area contributed by atoms with Gasteiger partial charge in [-0.2, -0.15) is 0 Å². The highest BCUT2D eigenvalue weighted by Gasteiger charge is 2.26. The van der Waals surface area contributed by atoms with Crippen LogP contribution in [-0.2, 0) is 0 Å². The number of benzene rings is 1. The molecule has 2 rings (SSSR count).